The standard InChI is InChI=1S/C16H18N2O3S2/c19-14(18-5-3-16(4-6-18)20-7-8-21-16)10-12-11-23-15(17-12)13-2-1-9-22-13/h1-2,9,11H,3-8,10H2. The number of piperidine rings is 1. The average molecular weight is 350 g/mol. The minimum atomic E-state index is -0.427. The topological polar surface area (TPSA) is 51.7 Å². The van der Waals surface area contributed by atoms with Gasteiger partial charge in [0, 0.05) is 31.3 Å². The lowest BCUT2D eigenvalue weighted by atomic mass is 10.0. The lowest BCUT2D eigenvalue weighted by molar-refractivity contribution is -0.187. The van der Waals surface area contributed by atoms with Crippen LogP contribution in [0.4, 0.5) is 0 Å². The van der Waals surface area contributed by atoms with Crippen LogP contribution in [-0.4, -0.2) is 47.9 Å². The number of ether oxygens (including phenoxy) is 2. The molecule has 0 aliphatic carbocycles. The third kappa shape index (κ3) is 3.19. The highest BCUT2D eigenvalue weighted by molar-refractivity contribution is 7.20. The molecule has 0 saturated carbocycles. The summed E-state index contributed by atoms with van der Waals surface area (Å²) < 4.78 is 11.4. The first kappa shape index (κ1) is 15.3. The second kappa shape index (κ2) is 6.32. The van der Waals surface area contributed by atoms with Crippen molar-refractivity contribution in [3.05, 3.63) is 28.6 Å². The zero-order chi connectivity index (χ0) is 15.7. The van der Waals surface area contributed by atoms with Gasteiger partial charge in [0.15, 0.2) is 5.79 Å². The quantitative estimate of drug-likeness (QED) is 0.854. The fourth-order valence-electron chi connectivity index (χ4n) is 3.05. The fraction of sp³-hybridized carbons (Fsp3) is 0.500. The Morgan fingerprint density at radius 3 is 2.74 bits per heavy atom. The second-order valence-electron chi connectivity index (χ2n) is 5.79. The van der Waals surface area contributed by atoms with Crippen molar-refractivity contribution in [3.8, 4) is 9.88 Å². The second-order valence-corrected chi connectivity index (χ2v) is 7.59. The van der Waals surface area contributed by atoms with Crippen molar-refractivity contribution in [1.29, 1.82) is 0 Å². The van der Waals surface area contributed by atoms with E-state index < -0.39 is 5.79 Å². The molecule has 0 bridgehead atoms. The van der Waals surface area contributed by atoms with Crippen molar-refractivity contribution in [2.75, 3.05) is 26.3 Å². The van der Waals surface area contributed by atoms with Gasteiger partial charge >= 0.3 is 0 Å². The summed E-state index contributed by atoms with van der Waals surface area (Å²) in [7, 11) is 0. The maximum Gasteiger partial charge on any atom is 0.228 e. The Balaban J connectivity index is 1.35. The van der Waals surface area contributed by atoms with E-state index in [-0.39, 0.29) is 5.91 Å². The van der Waals surface area contributed by atoms with E-state index in [4.69, 9.17) is 9.47 Å². The van der Waals surface area contributed by atoms with Crippen LogP contribution in [0.25, 0.3) is 9.88 Å². The maximum absolute atomic E-state index is 12.5. The Labute approximate surface area is 142 Å². The van der Waals surface area contributed by atoms with Gasteiger partial charge in [-0.3, -0.25) is 4.79 Å². The lowest BCUT2D eigenvalue weighted by Gasteiger charge is -2.37. The molecule has 122 valence electrons. The van der Waals surface area contributed by atoms with Crippen molar-refractivity contribution in [1.82, 2.24) is 9.88 Å². The molecule has 0 atom stereocenters. The van der Waals surface area contributed by atoms with Crippen molar-refractivity contribution >= 4 is 28.6 Å². The molecule has 2 fully saturated rings. The average Bonchev–Trinajstić information content (AvgIpc) is 3.29. The largest absolute Gasteiger partial charge is 0.347 e. The summed E-state index contributed by atoms with van der Waals surface area (Å²) >= 11 is 3.27. The number of carbonyl (C=O) groups excluding carboxylic acids is 1. The summed E-state index contributed by atoms with van der Waals surface area (Å²) in [6.45, 7) is 2.72. The smallest absolute Gasteiger partial charge is 0.228 e. The molecule has 0 N–H and O–H groups in total. The predicted molar refractivity (Wildman–Crippen MR) is 89.6 cm³/mol. The van der Waals surface area contributed by atoms with Gasteiger partial charge in [0.25, 0.3) is 0 Å². The zero-order valence-electron chi connectivity index (χ0n) is 12.7. The Bertz CT molecular complexity index is 667. The molecule has 4 rings (SSSR count). The molecule has 2 aromatic rings. The molecule has 0 aromatic carbocycles. The molecule has 2 saturated heterocycles. The number of aromatic nitrogens is 1. The first-order chi connectivity index (χ1) is 11.2. The van der Waals surface area contributed by atoms with Crippen LogP contribution in [0.3, 0.4) is 0 Å². The van der Waals surface area contributed by atoms with E-state index in [1.807, 2.05) is 21.7 Å². The molecular weight excluding hydrogens is 332 g/mol. The van der Waals surface area contributed by atoms with Crippen molar-refractivity contribution in [2.24, 2.45) is 0 Å². The van der Waals surface area contributed by atoms with Gasteiger partial charge in [-0.05, 0) is 11.4 Å². The number of carbonyl (C=O) groups is 1. The van der Waals surface area contributed by atoms with Crippen molar-refractivity contribution in [3.63, 3.8) is 0 Å². The molecule has 1 spiro atoms. The molecule has 4 heterocycles. The Morgan fingerprint density at radius 1 is 1.26 bits per heavy atom. The van der Waals surface area contributed by atoms with Gasteiger partial charge in [-0.2, -0.15) is 0 Å². The SMILES string of the molecule is O=C(Cc1csc(-c2cccs2)n1)N1CCC2(CC1)OCCO2. The number of nitrogens with zero attached hydrogens (tertiary/aromatic N) is 2. The van der Waals surface area contributed by atoms with Crippen molar-refractivity contribution in [2.45, 2.75) is 25.0 Å². The first-order valence-corrected chi connectivity index (χ1v) is 9.54. The van der Waals surface area contributed by atoms with E-state index in [1.54, 1.807) is 22.7 Å². The molecule has 7 heteroatoms. The minimum Gasteiger partial charge on any atom is -0.347 e. The van der Waals surface area contributed by atoms with Crippen molar-refractivity contribution < 1.29 is 14.3 Å². The normalized spacial score (nSPS) is 20.3. The molecule has 1 amide bonds. The van der Waals surface area contributed by atoms with Crippen LogP contribution >= 0.6 is 22.7 Å². The van der Waals surface area contributed by atoms with Gasteiger partial charge in [-0.15, -0.1) is 22.7 Å². The number of rotatable bonds is 3. The van der Waals surface area contributed by atoms with Gasteiger partial charge in [0.2, 0.25) is 5.91 Å². The predicted octanol–water partition coefficient (Wildman–Crippen LogP) is 2.78. The Hall–Kier alpha value is -1.28. The maximum atomic E-state index is 12.5. The summed E-state index contributed by atoms with van der Waals surface area (Å²) in [5.41, 5.74) is 0.858. The monoisotopic (exact) mass is 350 g/mol. The number of hydrogen-bond donors (Lipinski definition) is 0. The van der Waals surface area contributed by atoms with E-state index in [9.17, 15) is 4.79 Å². The van der Waals surface area contributed by atoms with E-state index in [2.05, 4.69) is 11.1 Å². The summed E-state index contributed by atoms with van der Waals surface area (Å²) in [6, 6.07) is 4.07. The molecule has 2 aromatic heterocycles. The van der Waals surface area contributed by atoms with Gasteiger partial charge in [0.05, 0.1) is 30.2 Å². The summed E-state index contributed by atoms with van der Waals surface area (Å²) in [5.74, 6) is -0.287. The summed E-state index contributed by atoms with van der Waals surface area (Å²) in [5, 5.41) is 5.02. The number of likely N-dealkylation sites (tertiary alicyclic amines) is 1. The van der Waals surface area contributed by atoms with E-state index in [1.165, 1.54) is 0 Å². The highest BCUT2D eigenvalue weighted by atomic mass is 32.1. The van der Waals surface area contributed by atoms with E-state index in [0.717, 1.165) is 28.4 Å². The van der Waals surface area contributed by atoms with Gasteiger partial charge in [-0.25, -0.2) is 4.98 Å². The van der Waals surface area contributed by atoms with Crippen LogP contribution in [-0.2, 0) is 20.7 Å². The molecule has 5 nitrogen and oxygen atoms in total. The van der Waals surface area contributed by atoms with Gasteiger partial charge in [0.1, 0.15) is 5.01 Å². The first-order valence-electron chi connectivity index (χ1n) is 7.78. The van der Waals surface area contributed by atoms with Crippen LogP contribution in [0.5, 0.6) is 0 Å². The minimum absolute atomic E-state index is 0.140. The molecule has 2 aliphatic heterocycles. The molecule has 0 unspecified atom stereocenters. The summed E-state index contributed by atoms with van der Waals surface area (Å²) in [6.07, 6.45) is 1.89. The summed E-state index contributed by atoms with van der Waals surface area (Å²) in [4.78, 5) is 20.1. The fourth-order valence-corrected chi connectivity index (χ4v) is 4.68. The molecule has 23 heavy (non-hydrogen) atoms. The Kier molecular flexibility index (Phi) is 4.19. The third-order valence-electron chi connectivity index (χ3n) is 4.31. The van der Waals surface area contributed by atoms with E-state index in [0.29, 0.717) is 32.7 Å². The zero-order valence-corrected chi connectivity index (χ0v) is 14.3. The van der Waals surface area contributed by atoms with Gasteiger partial charge in [-0.1, -0.05) is 6.07 Å². The highest BCUT2D eigenvalue weighted by Crippen LogP contribution is 2.32. The lowest BCUT2D eigenvalue weighted by Crippen LogP contribution is -2.47. The van der Waals surface area contributed by atoms with Gasteiger partial charge < -0.3 is 14.4 Å². The van der Waals surface area contributed by atoms with Crippen LogP contribution in [0.1, 0.15) is 18.5 Å². The van der Waals surface area contributed by atoms with Crippen LogP contribution in [0.2, 0.25) is 0 Å². The van der Waals surface area contributed by atoms with Crippen LogP contribution < -0.4 is 0 Å². The Morgan fingerprint density at radius 2 is 2.04 bits per heavy atom. The third-order valence-corrected chi connectivity index (χ3v) is 6.24. The number of thiophene rings is 1. The number of amides is 1. The number of thiazole rings is 1. The van der Waals surface area contributed by atoms with Crippen LogP contribution in [0, 0.1) is 0 Å². The highest BCUT2D eigenvalue weighted by Gasteiger charge is 2.40. The molecule has 2 aliphatic rings. The van der Waals surface area contributed by atoms with E-state index >= 15 is 0 Å². The molecular formula is C16H18N2O3S2. The van der Waals surface area contributed by atoms with Crippen LogP contribution in [0.15, 0.2) is 22.9 Å². The molecule has 0 radical (unpaired) electrons. The number of hydrogen-bond acceptors (Lipinski definition) is 6.